The predicted molar refractivity (Wildman–Crippen MR) is 51.3 cm³/mol. The zero-order valence-electron chi connectivity index (χ0n) is 8.15. The molecule has 0 fully saturated rings. The van der Waals surface area contributed by atoms with Crippen molar-refractivity contribution in [1.29, 1.82) is 0 Å². The van der Waals surface area contributed by atoms with E-state index in [9.17, 15) is 4.79 Å². The Hall–Kier alpha value is -0.330. The van der Waals surface area contributed by atoms with Crippen LogP contribution in [0.5, 0.6) is 0 Å². The number of halogens is 1. The largest absolute Gasteiger partial charge is 0.235 e. The Balaban J connectivity index is 4.32. The molecule has 0 aliphatic heterocycles. The lowest BCUT2D eigenvalue weighted by Crippen LogP contribution is -2.27. The average molecular weight is 190 g/mol. The normalized spacial score (nSPS) is 12.4. The van der Waals surface area contributed by atoms with E-state index in [1.807, 2.05) is 13.8 Å². The number of hydrogen-bond acceptors (Lipinski definition) is 2. The third-order valence-electron chi connectivity index (χ3n) is 1.62. The second-order valence-electron chi connectivity index (χ2n) is 4.49. The van der Waals surface area contributed by atoms with E-state index < -0.39 is 0 Å². The zero-order valence-corrected chi connectivity index (χ0v) is 8.90. The highest BCUT2D eigenvalue weighted by Crippen LogP contribution is 2.30. The molecule has 12 heavy (non-hydrogen) atoms. The van der Waals surface area contributed by atoms with E-state index in [2.05, 4.69) is 18.8 Å². The fourth-order valence-corrected chi connectivity index (χ4v) is 1.48. The number of hydrogen-bond donors (Lipinski definition) is 0. The van der Waals surface area contributed by atoms with Crippen LogP contribution < -0.4 is 0 Å². The summed E-state index contributed by atoms with van der Waals surface area (Å²) in [6.07, 6.45) is 2.38. The molecule has 0 spiro atoms. The van der Waals surface area contributed by atoms with Gasteiger partial charge in [0, 0.05) is 5.88 Å². The van der Waals surface area contributed by atoms with Crippen LogP contribution in [0.15, 0.2) is 4.99 Å². The van der Waals surface area contributed by atoms with Crippen molar-refractivity contribution < 1.29 is 4.79 Å². The van der Waals surface area contributed by atoms with Crippen molar-refractivity contribution in [3.63, 3.8) is 0 Å². The molecule has 0 saturated carbocycles. The summed E-state index contributed by atoms with van der Waals surface area (Å²) in [5.41, 5.74) is -0.328. The maximum absolute atomic E-state index is 10.1. The van der Waals surface area contributed by atoms with Crippen molar-refractivity contribution in [3.05, 3.63) is 0 Å². The molecule has 0 unspecified atom stereocenters. The highest BCUT2D eigenvalue weighted by Gasteiger charge is 2.27. The van der Waals surface area contributed by atoms with Gasteiger partial charge in [0.05, 0.1) is 5.54 Å². The molecule has 0 saturated heterocycles. The SMILES string of the molecule is CC(C)(CCl)CC(C)(C)N=C=O. The first-order valence-corrected chi connectivity index (χ1v) is 4.51. The molecule has 3 heteroatoms. The number of rotatable bonds is 4. The molecule has 0 aromatic rings. The van der Waals surface area contributed by atoms with Crippen LogP contribution in [0.2, 0.25) is 0 Å². The molecular formula is C9H16ClNO. The van der Waals surface area contributed by atoms with Gasteiger partial charge >= 0.3 is 0 Å². The Labute approximate surface area is 79.0 Å². The van der Waals surface area contributed by atoms with E-state index in [0.717, 1.165) is 6.42 Å². The monoisotopic (exact) mass is 189 g/mol. The van der Waals surface area contributed by atoms with E-state index in [4.69, 9.17) is 11.6 Å². The van der Waals surface area contributed by atoms with Crippen LogP contribution in [0.3, 0.4) is 0 Å². The summed E-state index contributed by atoms with van der Waals surface area (Å²) in [7, 11) is 0. The van der Waals surface area contributed by atoms with Crippen molar-refractivity contribution in [3.8, 4) is 0 Å². The minimum atomic E-state index is -0.347. The van der Waals surface area contributed by atoms with Gasteiger partial charge in [0.25, 0.3) is 0 Å². The number of aliphatic imine (C=N–C) groups is 1. The van der Waals surface area contributed by atoms with Crippen molar-refractivity contribution in [2.24, 2.45) is 10.4 Å². The Morgan fingerprint density at radius 2 is 1.83 bits per heavy atom. The van der Waals surface area contributed by atoms with Crippen LogP contribution >= 0.6 is 11.6 Å². The highest BCUT2D eigenvalue weighted by molar-refractivity contribution is 6.18. The summed E-state index contributed by atoms with van der Waals surface area (Å²) in [5.74, 6) is 0.574. The van der Waals surface area contributed by atoms with E-state index in [0.29, 0.717) is 5.88 Å². The Morgan fingerprint density at radius 1 is 1.33 bits per heavy atom. The summed E-state index contributed by atoms with van der Waals surface area (Å²) >= 11 is 5.76. The molecule has 0 aliphatic rings. The molecule has 0 amide bonds. The lowest BCUT2D eigenvalue weighted by molar-refractivity contribution is 0.292. The lowest BCUT2D eigenvalue weighted by Gasteiger charge is -2.29. The molecule has 0 aromatic carbocycles. The fourth-order valence-electron chi connectivity index (χ4n) is 1.38. The van der Waals surface area contributed by atoms with Gasteiger partial charge in [0.15, 0.2) is 0 Å². The van der Waals surface area contributed by atoms with Crippen LogP contribution in [-0.4, -0.2) is 17.5 Å². The minimum Gasteiger partial charge on any atom is -0.211 e. The first kappa shape index (κ1) is 11.7. The van der Waals surface area contributed by atoms with Gasteiger partial charge in [0.2, 0.25) is 6.08 Å². The Bertz CT molecular complexity index is 193. The van der Waals surface area contributed by atoms with Gasteiger partial charge in [0.1, 0.15) is 0 Å². The molecular weight excluding hydrogens is 174 g/mol. The third kappa shape index (κ3) is 4.53. The quantitative estimate of drug-likeness (QED) is 0.380. The molecule has 0 bridgehead atoms. The second-order valence-corrected chi connectivity index (χ2v) is 4.76. The van der Waals surface area contributed by atoms with Gasteiger partial charge in [-0.2, -0.15) is 4.99 Å². The molecule has 0 radical (unpaired) electrons. The lowest BCUT2D eigenvalue weighted by atomic mass is 9.82. The van der Waals surface area contributed by atoms with Crippen LogP contribution in [0.4, 0.5) is 0 Å². The summed E-state index contributed by atoms with van der Waals surface area (Å²) in [6.45, 7) is 7.93. The van der Waals surface area contributed by atoms with E-state index in [-0.39, 0.29) is 11.0 Å². The zero-order chi connectivity index (χ0) is 9.83. The predicted octanol–water partition coefficient (Wildman–Crippen LogP) is 2.76. The molecule has 2 nitrogen and oxygen atoms in total. The van der Waals surface area contributed by atoms with Gasteiger partial charge < -0.3 is 0 Å². The van der Waals surface area contributed by atoms with E-state index in [1.165, 1.54) is 0 Å². The maximum atomic E-state index is 10.1. The van der Waals surface area contributed by atoms with Gasteiger partial charge in [-0.05, 0) is 25.7 Å². The maximum Gasteiger partial charge on any atom is 0.235 e. The third-order valence-corrected chi connectivity index (χ3v) is 2.34. The van der Waals surface area contributed by atoms with Gasteiger partial charge in [-0.1, -0.05) is 13.8 Å². The summed E-state index contributed by atoms with van der Waals surface area (Å²) < 4.78 is 0. The van der Waals surface area contributed by atoms with Crippen LogP contribution in [-0.2, 0) is 4.79 Å². The van der Waals surface area contributed by atoms with Crippen LogP contribution in [0.25, 0.3) is 0 Å². The smallest absolute Gasteiger partial charge is 0.211 e. The molecule has 0 heterocycles. The van der Waals surface area contributed by atoms with Crippen LogP contribution in [0, 0.1) is 5.41 Å². The topological polar surface area (TPSA) is 29.4 Å². The van der Waals surface area contributed by atoms with E-state index >= 15 is 0 Å². The van der Waals surface area contributed by atoms with Gasteiger partial charge in [-0.25, -0.2) is 4.79 Å². The molecule has 0 aromatic heterocycles. The Kier molecular flexibility index (Phi) is 3.95. The summed E-state index contributed by atoms with van der Waals surface area (Å²) in [5, 5.41) is 0. The van der Waals surface area contributed by atoms with Crippen molar-refractivity contribution >= 4 is 17.7 Å². The number of isocyanates is 1. The molecule has 70 valence electrons. The average Bonchev–Trinajstić information content (AvgIpc) is 1.85. The van der Waals surface area contributed by atoms with Gasteiger partial charge in [-0.3, -0.25) is 0 Å². The molecule has 0 N–H and O–H groups in total. The first-order valence-electron chi connectivity index (χ1n) is 3.98. The van der Waals surface area contributed by atoms with Crippen LogP contribution in [0.1, 0.15) is 34.1 Å². The van der Waals surface area contributed by atoms with Crippen molar-refractivity contribution in [1.82, 2.24) is 0 Å². The number of nitrogens with zero attached hydrogens (tertiary/aromatic N) is 1. The first-order chi connectivity index (χ1) is 5.33. The van der Waals surface area contributed by atoms with Crippen molar-refractivity contribution in [2.75, 3.05) is 5.88 Å². The highest BCUT2D eigenvalue weighted by atomic mass is 35.5. The molecule has 0 rings (SSSR count). The Morgan fingerprint density at radius 3 is 2.17 bits per heavy atom. The number of alkyl halides is 1. The molecule has 0 aliphatic carbocycles. The summed E-state index contributed by atoms with van der Waals surface area (Å²) in [6, 6.07) is 0. The molecule has 0 atom stereocenters. The van der Waals surface area contributed by atoms with E-state index in [1.54, 1.807) is 6.08 Å². The number of carbonyl (C=O) groups excluding carboxylic acids is 1. The second kappa shape index (κ2) is 4.06. The summed E-state index contributed by atoms with van der Waals surface area (Å²) in [4.78, 5) is 13.8. The van der Waals surface area contributed by atoms with Crippen molar-refractivity contribution in [2.45, 2.75) is 39.7 Å². The minimum absolute atomic E-state index is 0.0193. The fraction of sp³-hybridized carbons (Fsp3) is 0.889. The van der Waals surface area contributed by atoms with Gasteiger partial charge in [-0.15, -0.1) is 11.6 Å². The standard InChI is InChI=1S/C9H16ClNO/c1-8(2,6-10)5-9(3,4)11-7-12/h5-6H2,1-4H3.